The highest BCUT2D eigenvalue weighted by atomic mass is 35.5. The van der Waals surface area contributed by atoms with Crippen LogP contribution in [0.3, 0.4) is 0 Å². The molecule has 1 aliphatic heterocycles. The molecule has 1 fully saturated rings. The van der Waals surface area contributed by atoms with Crippen LogP contribution in [-0.4, -0.2) is 35.7 Å². The molecule has 0 unspecified atom stereocenters. The molecular weight excluding hydrogens is 425 g/mol. The van der Waals surface area contributed by atoms with E-state index < -0.39 is 0 Å². The topological polar surface area (TPSA) is 78.5 Å². The third-order valence-electron chi connectivity index (χ3n) is 4.96. The molecule has 0 aromatic heterocycles. The summed E-state index contributed by atoms with van der Waals surface area (Å²) in [6.07, 6.45) is 2.18. The Morgan fingerprint density at radius 1 is 1.03 bits per heavy atom. The Kier molecular flexibility index (Phi) is 7.34. The number of carbonyl (C=O) groups is 3. The van der Waals surface area contributed by atoms with Crippen molar-refractivity contribution in [1.82, 2.24) is 4.90 Å². The van der Waals surface area contributed by atoms with Crippen molar-refractivity contribution in [2.24, 2.45) is 5.92 Å². The Balaban J connectivity index is 1.56. The molecule has 0 aliphatic carbocycles. The number of hydrogen-bond donors (Lipinski definition) is 2. The summed E-state index contributed by atoms with van der Waals surface area (Å²) in [6.45, 7) is 3.22. The molecule has 1 aliphatic rings. The third kappa shape index (κ3) is 5.52. The average Bonchev–Trinajstić information content (AvgIpc) is 3.10. The van der Waals surface area contributed by atoms with E-state index in [1.165, 1.54) is 0 Å². The van der Waals surface area contributed by atoms with E-state index in [9.17, 15) is 14.4 Å². The predicted molar refractivity (Wildman–Crippen MR) is 119 cm³/mol. The van der Waals surface area contributed by atoms with Crippen molar-refractivity contribution >= 4 is 52.3 Å². The van der Waals surface area contributed by atoms with E-state index in [-0.39, 0.29) is 30.1 Å². The number of carbonyl (C=O) groups excluding carboxylic acids is 3. The normalized spacial score (nSPS) is 15.9. The summed E-state index contributed by atoms with van der Waals surface area (Å²) in [5.74, 6) is -0.820. The number of nitrogens with one attached hydrogen (secondary N) is 2. The smallest absolute Gasteiger partial charge is 0.255 e. The second-order valence-electron chi connectivity index (χ2n) is 7.24. The van der Waals surface area contributed by atoms with Crippen LogP contribution in [0.5, 0.6) is 0 Å². The summed E-state index contributed by atoms with van der Waals surface area (Å²) in [5, 5.41) is 6.34. The van der Waals surface area contributed by atoms with Gasteiger partial charge >= 0.3 is 0 Å². The molecule has 1 heterocycles. The van der Waals surface area contributed by atoms with Crippen LogP contribution >= 0.6 is 23.2 Å². The molecule has 8 heteroatoms. The van der Waals surface area contributed by atoms with Crippen LogP contribution in [-0.2, 0) is 9.59 Å². The number of likely N-dealkylation sites (tertiary alicyclic amines) is 1. The fourth-order valence-corrected chi connectivity index (χ4v) is 3.54. The van der Waals surface area contributed by atoms with Gasteiger partial charge in [0.1, 0.15) is 0 Å². The largest absolute Gasteiger partial charge is 0.342 e. The summed E-state index contributed by atoms with van der Waals surface area (Å²) in [4.78, 5) is 38.7. The van der Waals surface area contributed by atoms with Crippen LogP contribution in [0.2, 0.25) is 10.0 Å². The number of hydrogen-bond acceptors (Lipinski definition) is 3. The molecule has 2 aromatic carbocycles. The quantitative estimate of drug-likeness (QED) is 0.637. The van der Waals surface area contributed by atoms with Gasteiger partial charge < -0.3 is 15.5 Å². The maximum Gasteiger partial charge on any atom is 0.255 e. The van der Waals surface area contributed by atoms with Crippen LogP contribution < -0.4 is 10.6 Å². The van der Waals surface area contributed by atoms with Crippen molar-refractivity contribution in [2.75, 3.05) is 23.7 Å². The first kappa shape index (κ1) is 22.1. The summed E-state index contributed by atoms with van der Waals surface area (Å²) in [5.41, 5.74) is 1.54. The Bertz CT molecular complexity index is 947. The highest BCUT2D eigenvalue weighted by molar-refractivity contribution is 6.42. The number of nitrogens with zero attached hydrogens (tertiary/aromatic N) is 1. The summed E-state index contributed by atoms with van der Waals surface area (Å²) >= 11 is 11.8. The van der Waals surface area contributed by atoms with Gasteiger partial charge in [0, 0.05) is 36.4 Å². The van der Waals surface area contributed by atoms with E-state index in [2.05, 4.69) is 17.6 Å². The van der Waals surface area contributed by atoms with Crippen molar-refractivity contribution in [2.45, 2.75) is 26.2 Å². The van der Waals surface area contributed by atoms with Crippen molar-refractivity contribution < 1.29 is 14.4 Å². The van der Waals surface area contributed by atoms with Gasteiger partial charge in [0.2, 0.25) is 11.8 Å². The van der Waals surface area contributed by atoms with E-state index in [0.29, 0.717) is 40.1 Å². The van der Waals surface area contributed by atoms with Crippen LogP contribution in [0, 0.1) is 5.92 Å². The van der Waals surface area contributed by atoms with Gasteiger partial charge in [-0.05, 0) is 48.9 Å². The zero-order valence-electron chi connectivity index (χ0n) is 16.6. The molecule has 158 valence electrons. The minimum atomic E-state index is -0.355. The van der Waals surface area contributed by atoms with Crippen molar-refractivity contribution in [1.29, 1.82) is 0 Å². The molecule has 1 atom stereocenters. The highest BCUT2D eigenvalue weighted by Crippen LogP contribution is 2.25. The Labute approximate surface area is 185 Å². The lowest BCUT2D eigenvalue weighted by molar-refractivity contribution is -0.128. The standard InChI is InChI=1S/C22H23Cl2N3O3/c1-2-3-10-27-13-15(11-20(27)28)22(30)25-16-6-4-14(5-7-16)21(29)26-17-8-9-18(23)19(24)12-17/h4-9,12,15H,2-3,10-11,13H2,1H3,(H,25,30)(H,26,29)/t15-/m1/s1. The van der Waals surface area contributed by atoms with Gasteiger partial charge in [0.15, 0.2) is 0 Å². The summed E-state index contributed by atoms with van der Waals surface area (Å²) in [7, 11) is 0. The fraction of sp³-hybridized carbons (Fsp3) is 0.318. The second-order valence-corrected chi connectivity index (χ2v) is 8.06. The number of unbranched alkanes of at least 4 members (excludes halogenated alkanes) is 1. The minimum absolute atomic E-state index is 0.0259. The summed E-state index contributed by atoms with van der Waals surface area (Å²) in [6, 6.07) is 11.4. The first-order valence-corrected chi connectivity index (χ1v) is 10.6. The van der Waals surface area contributed by atoms with Crippen molar-refractivity contribution in [3.63, 3.8) is 0 Å². The Hall–Kier alpha value is -2.57. The fourth-order valence-electron chi connectivity index (χ4n) is 3.24. The number of anilines is 2. The molecule has 2 aromatic rings. The number of benzene rings is 2. The van der Waals surface area contributed by atoms with Gasteiger partial charge in [-0.15, -0.1) is 0 Å². The van der Waals surface area contributed by atoms with Gasteiger partial charge in [-0.1, -0.05) is 36.5 Å². The zero-order chi connectivity index (χ0) is 21.7. The lowest BCUT2D eigenvalue weighted by Gasteiger charge is -2.16. The summed E-state index contributed by atoms with van der Waals surface area (Å²) < 4.78 is 0. The second kappa shape index (κ2) is 9.96. The van der Waals surface area contributed by atoms with Crippen LogP contribution in [0.4, 0.5) is 11.4 Å². The zero-order valence-corrected chi connectivity index (χ0v) is 18.1. The number of rotatable bonds is 7. The molecule has 0 saturated carbocycles. The first-order valence-electron chi connectivity index (χ1n) is 9.82. The predicted octanol–water partition coefficient (Wildman–Crippen LogP) is 4.83. The van der Waals surface area contributed by atoms with E-state index in [0.717, 1.165) is 12.8 Å². The molecule has 3 amide bonds. The van der Waals surface area contributed by atoms with Crippen LogP contribution in [0.15, 0.2) is 42.5 Å². The van der Waals surface area contributed by atoms with E-state index in [1.54, 1.807) is 47.4 Å². The van der Waals surface area contributed by atoms with Gasteiger partial charge in [-0.25, -0.2) is 0 Å². The van der Waals surface area contributed by atoms with E-state index in [1.807, 2.05) is 0 Å². The molecule has 6 nitrogen and oxygen atoms in total. The molecule has 0 spiro atoms. The average molecular weight is 448 g/mol. The van der Waals surface area contributed by atoms with Crippen molar-refractivity contribution in [3.05, 3.63) is 58.1 Å². The molecule has 2 N–H and O–H groups in total. The molecular formula is C22H23Cl2N3O3. The Morgan fingerprint density at radius 2 is 1.73 bits per heavy atom. The number of halogens is 2. The molecule has 0 bridgehead atoms. The third-order valence-corrected chi connectivity index (χ3v) is 5.70. The van der Waals surface area contributed by atoms with Gasteiger partial charge in [-0.2, -0.15) is 0 Å². The van der Waals surface area contributed by atoms with E-state index in [4.69, 9.17) is 23.2 Å². The van der Waals surface area contributed by atoms with Gasteiger partial charge in [-0.3, -0.25) is 14.4 Å². The maximum absolute atomic E-state index is 12.5. The lowest BCUT2D eigenvalue weighted by atomic mass is 10.1. The highest BCUT2D eigenvalue weighted by Gasteiger charge is 2.33. The van der Waals surface area contributed by atoms with Crippen LogP contribution in [0.25, 0.3) is 0 Å². The number of amides is 3. The molecule has 30 heavy (non-hydrogen) atoms. The monoisotopic (exact) mass is 447 g/mol. The Morgan fingerprint density at radius 3 is 2.40 bits per heavy atom. The minimum Gasteiger partial charge on any atom is -0.342 e. The molecule has 0 radical (unpaired) electrons. The SMILES string of the molecule is CCCCN1C[C@H](C(=O)Nc2ccc(C(=O)Nc3ccc(Cl)c(Cl)c3)cc2)CC1=O. The first-order chi connectivity index (χ1) is 14.4. The maximum atomic E-state index is 12.5. The van der Waals surface area contributed by atoms with Gasteiger partial charge in [0.25, 0.3) is 5.91 Å². The van der Waals surface area contributed by atoms with Gasteiger partial charge in [0.05, 0.1) is 16.0 Å². The lowest BCUT2D eigenvalue weighted by Crippen LogP contribution is -2.29. The van der Waals surface area contributed by atoms with Crippen molar-refractivity contribution in [3.8, 4) is 0 Å². The van der Waals surface area contributed by atoms with Crippen LogP contribution in [0.1, 0.15) is 36.5 Å². The molecule has 1 saturated heterocycles. The van der Waals surface area contributed by atoms with E-state index >= 15 is 0 Å². The molecule has 3 rings (SSSR count).